The molecule has 1 aromatic heterocycles. The molecule has 2 heterocycles. The van der Waals surface area contributed by atoms with E-state index in [0.717, 1.165) is 19.4 Å². The lowest BCUT2D eigenvalue weighted by Crippen LogP contribution is -2.30. The van der Waals surface area contributed by atoms with Gasteiger partial charge in [0.25, 0.3) is 5.91 Å². The number of aryl methyl sites for hydroxylation is 2. The summed E-state index contributed by atoms with van der Waals surface area (Å²) in [4.78, 5) is 25.3. The van der Waals surface area contributed by atoms with Crippen molar-refractivity contribution in [3.63, 3.8) is 0 Å². The SMILES string of the molecule is Cc1nn(C)c(Cl)c1C(=O)NCCCN1CCCC1=O. The molecule has 0 radical (unpaired) electrons. The average Bonchev–Trinajstić information content (AvgIpc) is 2.90. The Bertz CT molecular complexity index is 527. The lowest BCUT2D eigenvalue weighted by atomic mass is 10.2. The van der Waals surface area contributed by atoms with Crippen LogP contribution in [0.15, 0.2) is 0 Å². The van der Waals surface area contributed by atoms with Gasteiger partial charge in [-0.05, 0) is 19.8 Å². The summed E-state index contributed by atoms with van der Waals surface area (Å²) in [5.41, 5.74) is 1.04. The van der Waals surface area contributed by atoms with Crippen LogP contribution in [0.1, 0.15) is 35.3 Å². The topological polar surface area (TPSA) is 67.2 Å². The van der Waals surface area contributed by atoms with E-state index in [1.165, 1.54) is 4.68 Å². The summed E-state index contributed by atoms with van der Waals surface area (Å²) in [6.45, 7) is 3.80. The molecule has 0 spiro atoms. The Morgan fingerprint density at radius 3 is 2.80 bits per heavy atom. The summed E-state index contributed by atoms with van der Waals surface area (Å²) in [5.74, 6) is -0.00387. The van der Waals surface area contributed by atoms with Gasteiger partial charge in [0.15, 0.2) is 0 Å². The number of halogens is 1. The van der Waals surface area contributed by atoms with Gasteiger partial charge in [-0.25, -0.2) is 0 Å². The average molecular weight is 299 g/mol. The molecular weight excluding hydrogens is 280 g/mol. The second kappa shape index (κ2) is 6.26. The van der Waals surface area contributed by atoms with E-state index in [1.54, 1.807) is 14.0 Å². The first kappa shape index (κ1) is 14.8. The van der Waals surface area contributed by atoms with Crippen molar-refractivity contribution in [3.8, 4) is 0 Å². The minimum absolute atomic E-state index is 0.211. The molecule has 6 nitrogen and oxygen atoms in total. The molecule has 0 saturated carbocycles. The van der Waals surface area contributed by atoms with Gasteiger partial charge < -0.3 is 10.2 Å². The molecule has 2 amide bonds. The zero-order valence-corrected chi connectivity index (χ0v) is 12.5. The van der Waals surface area contributed by atoms with E-state index in [9.17, 15) is 9.59 Å². The van der Waals surface area contributed by atoms with E-state index in [1.807, 2.05) is 4.90 Å². The number of likely N-dealkylation sites (tertiary alicyclic amines) is 1. The second-order valence-electron chi connectivity index (χ2n) is 4.97. The van der Waals surface area contributed by atoms with Crippen LogP contribution in [0.4, 0.5) is 0 Å². The molecule has 1 N–H and O–H groups in total. The quantitative estimate of drug-likeness (QED) is 0.829. The van der Waals surface area contributed by atoms with Gasteiger partial charge in [0.1, 0.15) is 5.15 Å². The molecule has 0 atom stereocenters. The zero-order valence-electron chi connectivity index (χ0n) is 11.8. The summed E-state index contributed by atoms with van der Waals surface area (Å²) in [6.07, 6.45) is 2.33. The van der Waals surface area contributed by atoms with E-state index in [0.29, 0.717) is 35.9 Å². The first-order valence-corrected chi connectivity index (χ1v) is 7.13. The summed E-state index contributed by atoms with van der Waals surface area (Å²) >= 11 is 6.03. The van der Waals surface area contributed by atoms with Crippen molar-refractivity contribution >= 4 is 23.4 Å². The highest BCUT2D eigenvalue weighted by Gasteiger charge is 2.20. The molecule has 0 aromatic carbocycles. The molecule has 0 aliphatic carbocycles. The van der Waals surface area contributed by atoms with Gasteiger partial charge in [0, 0.05) is 33.1 Å². The van der Waals surface area contributed by atoms with Gasteiger partial charge in [-0.2, -0.15) is 5.10 Å². The standard InChI is InChI=1S/C13H19ClN4O2/c1-9-11(12(14)17(2)16-9)13(20)15-6-4-8-18-7-3-5-10(18)19/h3-8H2,1-2H3,(H,15,20). The van der Waals surface area contributed by atoms with Crippen molar-refractivity contribution in [1.29, 1.82) is 0 Å². The predicted molar refractivity (Wildman–Crippen MR) is 75.7 cm³/mol. The maximum Gasteiger partial charge on any atom is 0.256 e. The Balaban J connectivity index is 1.79. The fourth-order valence-corrected chi connectivity index (χ4v) is 2.65. The minimum Gasteiger partial charge on any atom is -0.352 e. The Morgan fingerprint density at radius 1 is 1.50 bits per heavy atom. The van der Waals surface area contributed by atoms with Gasteiger partial charge >= 0.3 is 0 Å². The highest BCUT2D eigenvalue weighted by atomic mass is 35.5. The van der Waals surface area contributed by atoms with E-state index in [-0.39, 0.29) is 11.8 Å². The number of rotatable bonds is 5. The van der Waals surface area contributed by atoms with Crippen LogP contribution in [0.3, 0.4) is 0 Å². The number of nitrogens with one attached hydrogen (secondary N) is 1. The lowest BCUT2D eigenvalue weighted by molar-refractivity contribution is -0.127. The molecule has 7 heteroatoms. The highest BCUT2D eigenvalue weighted by Crippen LogP contribution is 2.18. The molecule has 1 fully saturated rings. The second-order valence-corrected chi connectivity index (χ2v) is 5.33. The van der Waals surface area contributed by atoms with Crippen LogP contribution in [-0.2, 0) is 11.8 Å². The van der Waals surface area contributed by atoms with Crippen LogP contribution in [0.2, 0.25) is 5.15 Å². The lowest BCUT2D eigenvalue weighted by Gasteiger charge is -2.15. The van der Waals surface area contributed by atoms with Gasteiger partial charge in [-0.15, -0.1) is 0 Å². The number of amides is 2. The van der Waals surface area contributed by atoms with Crippen LogP contribution < -0.4 is 5.32 Å². The van der Waals surface area contributed by atoms with E-state index < -0.39 is 0 Å². The van der Waals surface area contributed by atoms with Gasteiger partial charge in [0.2, 0.25) is 5.91 Å². The third-order valence-corrected chi connectivity index (χ3v) is 3.87. The largest absolute Gasteiger partial charge is 0.352 e. The first-order chi connectivity index (χ1) is 9.50. The molecule has 1 aliphatic heterocycles. The molecule has 1 aliphatic rings. The number of aromatic nitrogens is 2. The number of carbonyl (C=O) groups excluding carboxylic acids is 2. The molecule has 2 rings (SSSR count). The van der Waals surface area contributed by atoms with Crippen LogP contribution in [0.5, 0.6) is 0 Å². The smallest absolute Gasteiger partial charge is 0.256 e. The number of nitrogens with zero attached hydrogens (tertiary/aromatic N) is 3. The van der Waals surface area contributed by atoms with Crippen molar-refractivity contribution in [1.82, 2.24) is 20.0 Å². The molecular formula is C13H19ClN4O2. The Labute approximate surface area is 123 Å². The summed E-state index contributed by atoms with van der Waals surface area (Å²) < 4.78 is 1.48. The van der Waals surface area contributed by atoms with E-state index in [4.69, 9.17) is 11.6 Å². The molecule has 110 valence electrons. The van der Waals surface area contributed by atoms with Crippen molar-refractivity contribution in [3.05, 3.63) is 16.4 Å². The predicted octanol–water partition coefficient (Wildman–Crippen LogP) is 1.12. The number of hydrogen-bond donors (Lipinski definition) is 1. The Kier molecular flexibility index (Phi) is 4.65. The highest BCUT2D eigenvalue weighted by molar-refractivity contribution is 6.33. The fourth-order valence-electron chi connectivity index (χ4n) is 2.39. The molecule has 1 aromatic rings. The molecule has 1 saturated heterocycles. The van der Waals surface area contributed by atoms with Crippen LogP contribution >= 0.6 is 11.6 Å². The fraction of sp³-hybridized carbons (Fsp3) is 0.615. The Morgan fingerprint density at radius 2 is 2.25 bits per heavy atom. The van der Waals surface area contributed by atoms with E-state index in [2.05, 4.69) is 10.4 Å². The molecule has 0 unspecified atom stereocenters. The number of hydrogen-bond acceptors (Lipinski definition) is 3. The summed E-state index contributed by atoms with van der Waals surface area (Å²) in [6, 6.07) is 0. The summed E-state index contributed by atoms with van der Waals surface area (Å²) in [5, 5.41) is 7.26. The molecule has 20 heavy (non-hydrogen) atoms. The van der Waals surface area contributed by atoms with Crippen molar-refractivity contribution in [2.45, 2.75) is 26.2 Å². The monoisotopic (exact) mass is 298 g/mol. The zero-order chi connectivity index (χ0) is 14.7. The van der Waals surface area contributed by atoms with Crippen LogP contribution in [-0.4, -0.2) is 46.1 Å². The summed E-state index contributed by atoms with van der Waals surface area (Å²) in [7, 11) is 1.70. The van der Waals surface area contributed by atoms with Gasteiger partial charge in [0.05, 0.1) is 11.3 Å². The first-order valence-electron chi connectivity index (χ1n) is 6.75. The van der Waals surface area contributed by atoms with E-state index >= 15 is 0 Å². The van der Waals surface area contributed by atoms with Gasteiger partial charge in [-0.1, -0.05) is 11.6 Å². The maximum absolute atomic E-state index is 12.0. The third-order valence-electron chi connectivity index (χ3n) is 3.44. The van der Waals surface area contributed by atoms with Crippen molar-refractivity contribution in [2.75, 3.05) is 19.6 Å². The number of carbonyl (C=O) groups is 2. The van der Waals surface area contributed by atoms with Crippen LogP contribution in [0.25, 0.3) is 0 Å². The maximum atomic E-state index is 12.0. The Hall–Kier alpha value is -1.56. The van der Waals surface area contributed by atoms with Crippen LogP contribution in [0, 0.1) is 6.92 Å². The van der Waals surface area contributed by atoms with Crippen molar-refractivity contribution in [2.24, 2.45) is 7.05 Å². The van der Waals surface area contributed by atoms with Gasteiger partial charge in [-0.3, -0.25) is 14.3 Å². The molecule has 0 bridgehead atoms. The normalized spacial score (nSPS) is 14.9. The third kappa shape index (κ3) is 3.12. The van der Waals surface area contributed by atoms with Crippen molar-refractivity contribution < 1.29 is 9.59 Å². The minimum atomic E-state index is -0.214.